The molecule has 0 amide bonds. The summed E-state index contributed by atoms with van der Waals surface area (Å²) in [6.07, 6.45) is 4.95. The normalized spacial score (nSPS) is 11.0. The minimum atomic E-state index is 0.777. The van der Waals surface area contributed by atoms with Crippen LogP contribution in [0.15, 0.2) is 36.7 Å². The third kappa shape index (κ3) is 2.61. The molecule has 0 radical (unpaired) electrons. The number of thiazole rings is 1. The maximum Gasteiger partial charge on any atom is 0.182 e. The molecule has 3 rings (SSSR count). The monoisotopic (exact) mass is 272 g/mol. The second-order valence-electron chi connectivity index (χ2n) is 4.42. The van der Waals surface area contributed by atoms with Crippen LogP contribution < -0.4 is 5.32 Å². The van der Waals surface area contributed by atoms with Crippen LogP contribution in [-0.4, -0.2) is 21.3 Å². The first kappa shape index (κ1) is 12.2. The van der Waals surface area contributed by atoms with Gasteiger partial charge in [-0.3, -0.25) is 4.68 Å². The summed E-state index contributed by atoms with van der Waals surface area (Å²) in [5, 5.41) is 9.92. The van der Waals surface area contributed by atoms with Crippen LogP contribution in [0.25, 0.3) is 10.9 Å². The van der Waals surface area contributed by atoms with Crippen molar-refractivity contribution in [2.45, 2.75) is 19.9 Å². The highest BCUT2D eigenvalue weighted by atomic mass is 32.1. The molecule has 0 aliphatic rings. The third-order valence-electron chi connectivity index (χ3n) is 2.94. The molecule has 0 atom stereocenters. The molecule has 0 unspecified atom stereocenters. The maximum atomic E-state index is 4.44. The van der Waals surface area contributed by atoms with Crippen molar-refractivity contribution in [1.29, 1.82) is 0 Å². The summed E-state index contributed by atoms with van der Waals surface area (Å²) in [6.45, 7) is 3.90. The largest absolute Gasteiger partial charge is 0.362 e. The first-order valence-electron chi connectivity index (χ1n) is 6.46. The second kappa shape index (κ2) is 5.40. The van der Waals surface area contributed by atoms with E-state index in [2.05, 4.69) is 34.5 Å². The van der Waals surface area contributed by atoms with Crippen LogP contribution in [-0.2, 0) is 6.54 Å². The minimum Gasteiger partial charge on any atom is -0.362 e. The van der Waals surface area contributed by atoms with E-state index in [1.807, 2.05) is 29.2 Å². The molecule has 0 aliphatic heterocycles. The fourth-order valence-electron chi connectivity index (χ4n) is 1.99. The van der Waals surface area contributed by atoms with Crippen molar-refractivity contribution in [1.82, 2.24) is 14.8 Å². The maximum absolute atomic E-state index is 4.44. The van der Waals surface area contributed by atoms with Gasteiger partial charge in [-0.2, -0.15) is 5.10 Å². The second-order valence-corrected chi connectivity index (χ2v) is 5.53. The molecule has 0 saturated heterocycles. The molecule has 98 valence electrons. The van der Waals surface area contributed by atoms with E-state index < -0.39 is 0 Å². The predicted molar refractivity (Wildman–Crippen MR) is 79.7 cm³/mol. The Labute approximate surface area is 116 Å². The molecule has 0 aliphatic carbocycles. The Kier molecular flexibility index (Phi) is 3.46. The van der Waals surface area contributed by atoms with E-state index in [9.17, 15) is 0 Å². The molecule has 0 saturated carbocycles. The molecular weight excluding hydrogens is 256 g/mol. The van der Waals surface area contributed by atoms with Gasteiger partial charge in [0.05, 0.1) is 18.3 Å². The summed E-state index contributed by atoms with van der Waals surface area (Å²) in [7, 11) is 0. The Hall–Kier alpha value is -1.88. The Morgan fingerprint density at radius 3 is 3.05 bits per heavy atom. The number of hydrogen-bond acceptors (Lipinski definition) is 4. The van der Waals surface area contributed by atoms with E-state index in [-0.39, 0.29) is 0 Å². The molecule has 4 nitrogen and oxygen atoms in total. The van der Waals surface area contributed by atoms with Gasteiger partial charge in [-0.25, -0.2) is 4.98 Å². The quantitative estimate of drug-likeness (QED) is 0.774. The van der Waals surface area contributed by atoms with Crippen molar-refractivity contribution >= 4 is 27.4 Å². The van der Waals surface area contributed by atoms with Gasteiger partial charge >= 0.3 is 0 Å². The molecular formula is C14H16N4S. The molecule has 0 bridgehead atoms. The lowest BCUT2D eigenvalue weighted by molar-refractivity contribution is 0.719. The number of aromatic nitrogens is 3. The molecule has 3 aromatic rings. The number of hydrogen-bond donors (Lipinski definition) is 1. The highest BCUT2D eigenvalue weighted by Gasteiger charge is 2.05. The van der Waals surface area contributed by atoms with Gasteiger partial charge in [0, 0.05) is 23.0 Å². The van der Waals surface area contributed by atoms with E-state index in [1.165, 1.54) is 15.8 Å². The lowest BCUT2D eigenvalue weighted by atomic mass is 10.2. The fraction of sp³-hybridized carbons (Fsp3) is 0.286. The van der Waals surface area contributed by atoms with Crippen molar-refractivity contribution in [2.75, 3.05) is 11.9 Å². The molecule has 2 aromatic heterocycles. The number of nitrogens with one attached hydrogen (secondary N) is 1. The Morgan fingerprint density at radius 2 is 2.16 bits per heavy atom. The smallest absolute Gasteiger partial charge is 0.182 e. The molecule has 1 N–H and O–H groups in total. The van der Waals surface area contributed by atoms with Gasteiger partial charge < -0.3 is 5.32 Å². The van der Waals surface area contributed by atoms with Crippen LogP contribution in [0.3, 0.4) is 0 Å². The zero-order chi connectivity index (χ0) is 13.1. The lowest BCUT2D eigenvalue weighted by Crippen LogP contribution is -1.99. The van der Waals surface area contributed by atoms with Crippen molar-refractivity contribution in [3.05, 3.63) is 41.5 Å². The zero-order valence-electron chi connectivity index (χ0n) is 10.8. The number of fused-ring (bicyclic) bond motifs is 1. The summed E-state index contributed by atoms with van der Waals surface area (Å²) >= 11 is 1.70. The highest BCUT2D eigenvalue weighted by molar-refractivity contribution is 7.15. The summed E-state index contributed by atoms with van der Waals surface area (Å²) in [5.41, 5.74) is 1.17. The van der Waals surface area contributed by atoms with Crippen molar-refractivity contribution in [3.8, 4) is 0 Å². The van der Waals surface area contributed by atoms with Crippen LogP contribution in [0.1, 0.15) is 18.2 Å². The Morgan fingerprint density at radius 1 is 1.26 bits per heavy atom. The average Bonchev–Trinajstić information content (AvgIpc) is 3.05. The highest BCUT2D eigenvalue weighted by Crippen LogP contribution is 2.21. The van der Waals surface area contributed by atoms with Gasteiger partial charge in [0.15, 0.2) is 5.13 Å². The van der Waals surface area contributed by atoms with Crippen LogP contribution in [0.4, 0.5) is 5.13 Å². The van der Waals surface area contributed by atoms with Crippen LogP contribution in [0.5, 0.6) is 0 Å². The zero-order valence-corrected chi connectivity index (χ0v) is 11.7. The van der Waals surface area contributed by atoms with Gasteiger partial charge in [-0.15, -0.1) is 11.3 Å². The van der Waals surface area contributed by atoms with Crippen molar-refractivity contribution in [2.24, 2.45) is 0 Å². The molecule has 5 heteroatoms. The molecule has 19 heavy (non-hydrogen) atoms. The molecule has 0 spiro atoms. The number of anilines is 1. The SMILES string of the molecule is CCCNc1ncc(Cn2ncc3ccccc32)s1. The standard InChI is InChI=1S/C14H16N4S/c1-2-7-15-14-16-9-12(19-14)10-18-13-6-4-3-5-11(13)8-17-18/h3-6,8-9H,2,7,10H2,1H3,(H,15,16). The molecule has 0 fully saturated rings. The van der Waals surface area contributed by atoms with Gasteiger partial charge in [-0.1, -0.05) is 25.1 Å². The van der Waals surface area contributed by atoms with Gasteiger partial charge in [0.25, 0.3) is 0 Å². The first-order valence-corrected chi connectivity index (χ1v) is 7.27. The number of para-hydroxylation sites is 1. The van der Waals surface area contributed by atoms with Crippen molar-refractivity contribution in [3.63, 3.8) is 0 Å². The first-order chi connectivity index (χ1) is 9.36. The van der Waals surface area contributed by atoms with Crippen LogP contribution in [0, 0.1) is 0 Å². The minimum absolute atomic E-state index is 0.777. The van der Waals surface area contributed by atoms with Crippen LogP contribution in [0.2, 0.25) is 0 Å². The predicted octanol–water partition coefficient (Wildman–Crippen LogP) is 3.36. The summed E-state index contributed by atoms with van der Waals surface area (Å²) in [6, 6.07) is 8.26. The number of nitrogens with zero attached hydrogens (tertiary/aromatic N) is 3. The summed E-state index contributed by atoms with van der Waals surface area (Å²) < 4.78 is 2.02. The Bertz CT molecular complexity index is 671. The van der Waals surface area contributed by atoms with E-state index >= 15 is 0 Å². The van der Waals surface area contributed by atoms with Gasteiger partial charge in [0.2, 0.25) is 0 Å². The summed E-state index contributed by atoms with van der Waals surface area (Å²) in [4.78, 5) is 5.60. The Balaban J connectivity index is 1.79. The number of benzene rings is 1. The van der Waals surface area contributed by atoms with E-state index in [4.69, 9.17) is 0 Å². The molecule has 2 heterocycles. The molecule has 1 aromatic carbocycles. The van der Waals surface area contributed by atoms with E-state index in [0.717, 1.165) is 24.6 Å². The topological polar surface area (TPSA) is 42.7 Å². The van der Waals surface area contributed by atoms with E-state index in [0.29, 0.717) is 0 Å². The number of rotatable bonds is 5. The third-order valence-corrected chi connectivity index (χ3v) is 3.88. The summed E-state index contributed by atoms with van der Waals surface area (Å²) in [5.74, 6) is 0. The van der Waals surface area contributed by atoms with Gasteiger partial charge in [-0.05, 0) is 12.5 Å². The fourth-order valence-corrected chi connectivity index (χ4v) is 2.81. The van der Waals surface area contributed by atoms with E-state index in [1.54, 1.807) is 11.3 Å². The van der Waals surface area contributed by atoms with Crippen LogP contribution >= 0.6 is 11.3 Å². The average molecular weight is 272 g/mol. The van der Waals surface area contributed by atoms with Gasteiger partial charge in [0.1, 0.15) is 0 Å². The lowest BCUT2D eigenvalue weighted by Gasteiger charge is -2.00. The van der Waals surface area contributed by atoms with Crippen molar-refractivity contribution < 1.29 is 0 Å².